The average Bonchev–Trinajstić information content (AvgIpc) is 3.19. The number of benzene rings is 1. The third kappa shape index (κ3) is 7.04. The van der Waals surface area contributed by atoms with Crippen LogP contribution in [0.5, 0.6) is 0 Å². The summed E-state index contributed by atoms with van der Waals surface area (Å²) in [4.78, 5) is 16.3. The number of halogens is 1. The summed E-state index contributed by atoms with van der Waals surface area (Å²) in [7, 11) is 1.80. The van der Waals surface area contributed by atoms with E-state index in [0.717, 1.165) is 37.3 Å². The molecule has 0 spiro atoms. The number of aryl methyl sites for hydroxylation is 1. The number of aliphatic imine (C=N–C) groups is 1. The van der Waals surface area contributed by atoms with E-state index in [0.29, 0.717) is 24.3 Å². The van der Waals surface area contributed by atoms with Crippen LogP contribution in [0.15, 0.2) is 52.1 Å². The van der Waals surface area contributed by atoms with Gasteiger partial charge >= 0.3 is 0 Å². The second-order valence-electron chi connectivity index (χ2n) is 7.64. The van der Waals surface area contributed by atoms with E-state index in [1.807, 2.05) is 6.92 Å². The van der Waals surface area contributed by atoms with Crippen molar-refractivity contribution < 1.29 is 9.21 Å². The van der Waals surface area contributed by atoms with Gasteiger partial charge in [0.2, 0.25) is 0 Å². The maximum absolute atomic E-state index is 12.0. The van der Waals surface area contributed by atoms with Crippen LogP contribution < -0.4 is 16.0 Å². The van der Waals surface area contributed by atoms with Crippen molar-refractivity contribution in [1.29, 1.82) is 0 Å². The number of carbonyl (C=O) groups is 1. The Morgan fingerprint density at radius 3 is 2.40 bits per heavy atom. The van der Waals surface area contributed by atoms with E-state index in [1.165, 1.54) is 24.7 Å². The summed E-state index contributed by atoms with van der Waals surface area (Å²) >= 11 is 0. The molecule has 0 aliphatic heterocycles. The molecule has 1 aliphatic carbocycles. The van der Waals surface area contributed by atoms with Crippen molar-refractivity contribution in [3.05, 3.63) is 59.5 Å². The molecule has 1 aromatic heterocycles. The molecule has 1 fully saturated rings. The molecule has 0 bridgehead atoms. The molecule has 1 aromatic carbocycles. The van der Waals surface area contributed by atoms with Crippen molar-refractivity contribution in [2.24, 2.45) is 4.99 Å². The minimum Gasteiger partial charge on any atom is -0.459 e. The summed E-state index contributed by atoms with van der Waals surface area (Å²) in [5.74, 6) is 1.73. The largest absolute Gasteiger partial charge is 0.459 e. The molecule has 0 saturated heterocycles. The van der Waals surface area contributed by atoms with Crippen molar-refractivity contribution in [1.82, 2.24) is 16.0 Å². The minimum atomic E-state index is -0.162. The van der Waals surface area contributed by atoms with Gasteiger partial charge in [0.15, 0.2) is 11.7 Å². The quantitative estimate of drug-likeness (QED) is 0.220. The molecule has 3 N–H and O–H groups in total. The monoisotopic (exact) mass is 524 g/mol. The second-order valence-corrected chi connectivity index (χ2v) is 7.64. The first kappa shape index (κ1) is 24.2. The minimum absolute atomic E-state index is 0. The summed E-state index contributed by atoms with van der Waals surface area (Å²) in [6.07, 6.45) is 7.06. The molecule has 2 aromatic rings. The highest BCUT2D eigenvalue weighted by atomic mass is 127. The van der Waals surface area contributed by atoms with Gasteiger partial charge in [-0.2, -0.15) is 0 Å². The van der Waals surface area contributed by atoms with Gasteiger partial charge in [0, 0.05) is 31.7 Å². The van der Waals surface area contributed by atoms with Crippen molar-refractivity contribution in [2.45, 2.75) is 51.0 Å². The Bertz CT molecular complexity index is 799. The van der Waals surface area contributed by atoms with E-state index in [2.05, 4.69) is 51.3 Å². The molecular weight excluding hydrogens is 491 g/mol. The number of furan rings is 1. The molecule has 1 aliphatic rings. The number of nitrogens with zero attached hydrogens (tertiary/aromatic N) is 1. The van der Waals surface area contributed by atoms with Gasteiger partial charge in [0.1, 0.15) is 0 Å². The third-order valence-electron chi connectivity index (χ3n) is 5.56. The number of nitrogens with one attached hydrogen (secondary N) is 3. The fourth-order valence-corrected chi connectivity index (χ4v) is 3.87. The smallest absolute Gasteiger partial charge is 0.287 e. The molecule has 164 valence electrons. The number of hydrogen-bond acceptors (Lipinski definition) is 3. The zero-order valence-corrected chi connectivity index (χ0v) is 20.1. The van der Waals surface area contributed by atoms with Crippen LogP contribution in [0.3, 0.4) is 0 Å². The van der Waals surface area contributed by atoms with E-state index in [4.69, 9.17) is 4.42 Å². The predicted octanol–water partition coefficient (Wildman–Crippen LogP) is 4.22. The summed E-state index contributed by atoms with van der Waals surface area (Å²) in [5, 5.41) is 9.77. The Kier molecular flexibility index (Phi) is 10.2. The van der Waals surface area contributed by atoms with E-state index in [-0.39, 0.29) is 29.9 Å². The summed E-state index contributed by atoms with van der Waals surface area (Å²) in [6, 6.07) is 13.1. The van der Waals surface area contributed by atoms with Crippen molar-refractivity contribution in [3.8, 4) is 0 Å². The van der Waals surface area contributed by atoms with Crippen LogP contribution in [0.2, 0.25) is 0 Å². The lowest BCUT2D eigenvalue weighted by Crippen LogP contribution is -2.45. The van der Waals surface area contributed by atoms with Gasteiger partial charge in [-0.05, 0) is 56.6 Å². The first-order valence-electron chi connectivity index (χ1n) is 10.5. The molecular formula is C23H33IN4O2. The molecule has 30 heavy (non-hydrogen) atoms. The van der Waals surface area contributed by atoms with Gasteiger partial charge in [-0.25, -0.2) is 0 Å². The average molecular weight is 524 g/mol. The van der Waals surface area contributed by atoms with Crippen LogP contribution in [0.1, 0.15) is 59.7 Å². The van der Waals surface area contributed by atoms with E-state index in [9.17, 15) is 4.79 Å². The van der Waals surface area contributed by atoms with Gasteiger partial charge in [0.05, 0.1) is 6.26 Å². The summed E-state index contributed by atoms with van der Waals surface area (Å²) in [5.41, 5.74) is 2.31. The molecule has 3 rings (SSSR count). The lowest BCUT2D eigenvalue weighted by molar-refractivity contribution is 0.0925. The first-order valence-corrected chi connectivity index (χ1v) is 10.5. The fraction of sp³-hybridized carbons (Fsp3) is 0.478. The molecule has 0 unspecified atom stereocenters. The Morgan fingerprint density at radius 2 is 1.77 bits per heavy atom. The molecule has 7 heteroatoms. The number of guanidine groups is 1. The summed E-state index contributed by atoms with van der Waals surface area (Å²) in [6.45, 7) is 3.20. The van der Waals surface area contributed by atoms with Crippen LogP contribution in [0.25, 0.3) is 0 Å². The highest BCUT2D eigenvalue weighted by Gasteiger charge is 2.22. The Hall–Kier alpha value is -2.03. The van der Waals surface area contributed by atoms with Gasteiger partial charge in [-0.15, -0.1) is 24.0 Å². The lowest BCUT2D eigenvalue weighted by Gasteiger charge is -2.30. The third-order valence-corrected chi connectivity index (χ3v) is 5.56. The van der Waals surface area contributed by atoms with Crippen LogP contribution in [0.4, 0.5) is 0 Å². The fourth-order valence-electron chi connectivity index (χ4n) is 3.87. The first-order chi connectivity index (χ1) is 14.2. The summed E-state index contributed by atoms with van der Waals surface area (Å²) < 4.78 is 5.20. The standard InChI is InChI=1S/C23H32N4O2.HI/c1-17-13-16-29-21(17)22(28)25-14-6-15-26-23(24-2)27-20-11-9-19(10-12-20)18-7-4-3-5-8-18;/h3-5,7-8,13,16,19-20H,6,9-12,14-15H2,1-2H3,(H,25,28)(H2,24,26,27);1H. The van der Waals surface area contributed by atoms with Gasteiger partial charge in [0.25, 0.3) is 5.91 Å². The van der Waals surface area contributed by atoms with Crippen molar-refractivity contribution in [3.63, 3.8) is 0 Å². The lowest BCUT2D eigenvalue weighted by atomic mass is 9.82. The zero-order valence-electron chi connectivity index (χ0n) is 17.8. The van der Waals surface area contributed by atoms with E-state index >= 15 is 0 Å². The number of amides is 1. The van der Waals surface area contributed by atoms with Crippen LogP contribution in [0, 0.1) is 6.92 Å². The van der Waals surface area contributed by atoms with E-state index < -0.39 is 0 Å². The zero-order chi connectivity index (χ0) is 20.5. The molecule has 1 saturated carbocycles. The van der Waals surface area contributed by atoms with Crippen molar-refractivity contribution >= 4 is 35.8 Å². The Labute approximate surface area is 196 Å². The van der Waals surface area contributed by atoms with Crippen LogP contribution >= 0.6 is 24.0 Å². The SMILES string of the molecule is CN=C(NCCCNC(=O)c1occc1C)NC1CCC(c2ccccc2)CC1.I. The number of carbonyl (C=O) groups excluding carboxylic acids is 1. The highest BCUT2D eigenvalue weighted by Crippen LogP contribution is 2.32. The number of hydrogen-bond donors (Lipinski definition) is 3. The highest BCUT2D eigenvalue weighted by molar-refractivity contribution is 14.0. The van der Waals surface area contributed by atoms with Crippen LogP contribution in [-0.2, 0) is 0 Å². The van der Waals surface area contributed by atoms with E-state index in [1.54, 1.807) is 13.1 Å². The van der Waals surface area contributed by atoms with Crippen molar-refractivity contribution in [2.75, 3.05) is 20.1 Å². The maximum Gasteiger partial charge on any atom is 0.287 e. The Balaban J connectivity index is 0.00000320. The van der Waals surface area contributed by atoms with Gasteiger partial charge in [-0.3, -0.25) is 9.79 Å². The Morgan fingerprint density at radius 1 is 1.07 bits per heavy atom. The topological polar surface area (TPSA) is 78.7 Å². The molecule has 0 radical (unpaired) electrons. The van der Waals surface area contributed by atoms with Gasteiger partial charge in [-0.1, -0.05) is 30.3 Å². The molecule has 1 heterocycles. The predicted molar refractivity (Wildman–Crippen MR) is 132 cm³/mol. The second kappa shape index (κ2) is 12.6. The number of rotatable bonds is 7. The molecule has 6 nitrogen and oxygen atoms in total. The molecule has 1 amide bonds. The van der Waals surface area contributed by atoms with Gasteiger partial charge < -0.3 is 20.4 Å². The van der Waals surface area contributed by atoms with Crippen LogP contribution in [-0.4, -0.2) is 38.0 Å². The normalized spacial score (nSPS) is 18.9. The maximum atomic E-state index is 12.0. The molecule has 0 atom stereocenters.